The van der Waals surface area contributed by atoms with Crippen LogP contribution in [0.2, 0.25) is 0 Å². The number of nitrogens with one attached hydrogen (secondary N) is 2. The fourth-order valence-electron chi connectivity index (χ4n) is 2.16. The minimum absolute atomic E-state index is 0.291. The van der Waals surface area contributed by atoms with Crippen molar-refractivity contribution in [3.05, 3.63) is 71.8 Å². The van der Waals surface area contributed by atoms with Gasteiger partial charge in [-0.2, -0.15) is 0 Å². The molecule has 0 aromatic heterocycles. The predicted octanol–water partition coefficient (Wildman–Crippen LogP) is 3.99. The molecule has 100 valence electrons. The number of hydrogen-bond donors (Lipinski definition) is 2. The maximum Gasteiger partial charge on any atom is 0.0460 e. The van der Waals surface area contributed by atoms with Gasteiger partial charge in [0.1, 0.15) is 0 Å². The SMILES string of the molecule is CCC(NNC(C)c1ccccc1)c1ccccc1. The van der Waals surface area contributed by atoms with E-state index in [1.165, 1.54) is 11.1 Å². The lowest BCUT2D eigenvalue weighted by atomic mass is 10.1. The molecular formula is C17H22N2. The van der Waals surface area contributed by atoms with Crippen molar-refractivity contribution in [1.82, 2.24) is 10.9 Å². The third-order valence-corrected chi connectivity index (χ3v) is 3.38. The summed E-state index contributed by atoms with van der Waals surface area (Å²) < 4.78 is 0. The molecule has 19 heavy (non-hydrogen) atoms. The topological polar surface area (TPSA) is 24.1 Å². The molecule has 0 amide bonds. The van der Waals surface area contributed by atoms with E-state index in [-0.39, 0.29) is 0 Å². The van der Waals surface area contributed by atoms with Crippen LogP contribution in [0.15, 0.2) is 60.7 Å². The number of rotatable bonds is 6. The average Bonchev–Trinajstić information content (AvgIpc) is 2.49. The minimum atomic E-state index is 0.291. The molecule has 2 rings (SSSR count). The molecule has 0 spiro atoms. The molecule has 0 saturated heterocycles. The smallest absolute Gasteiger partial charge is 0.0460 e. The molecule has 2 nitrogen and oxygen atoms in total. The molecule has 2 heteroatoms. The Hall–Kier alpha value is -1.64. The first-order chi connectivity index (χ1) is 9.31. The van der Waals surface area contributed by atoms with Gasteiger partial charge < -0.3 is 0 Å². The van der Waals surface area contributed by atoms with Gasteiger partial charge in [-0.05, 0) is 24.5 Å². The maximum atomic E-state index is 3.43. The molecular weight excluding hydrogens is 232 g/mol. The zero-order valence-electron chi connectivity index (χ0n) is 11.6. The molecule has 0 radical (unpaired) electrons. The molecule has 2 unspecified atom stereocenters. The Kier molecular flexibility index (Phi) is 5.13. The van der Waals surface area contributed by atoms with E-state index in [4.69, 9.17) is 0 Å². The lowest BCUT2D eigenvalue weighted by Crippen LogP contribution is -2.37. The first-order valence-corrected chi connectivity index (χ1v) is 6.92. The second-order valence-corrected chi connectivity index (χ2v) is 4.79. The van der Waals surface area contributed by atoms with E-state index in [1.54, 1.807) is 0 Å². The summed E-state index contributed by atoms with van der Waals surface area (Å²) in [5.41, 5.74) is 9.44. The van der Waals surface area contributed by atoms with Gasteiger partial charge in [-0.25, -0.2) is 5.43 Å². The summed E-state index contributed by atoms with van der Waals surface area (Å²) in [5, 5.41) is 0. The second kappa shape index (κ2) is 7.07. The Morgan fingerprint density at radius 1 is 0.789 bits per heavy atom. The van der Waals surface area contributed by atoms with Gasteiger partial charge in [-0.1, -0.05) is 67.6 Å². The molecule has 0 saturated carbocycles. The van der Waals surface area contributed by atoms with Gasteiger partial charge in [0.15, 0.2) is 0 Å². The standard InChI is InChI=1S/C17H22N2/c1-3-17(16-12-8-5-9-13-16)19-18-14(2)15-10-6-4-7-11-15/h4-14,17-19H,3H2,1-2H3. The largest absolute Gasteiger partial charge is 0.250 e. The van der Waals surface area contributed by atoms with Crippen LogP contribution < -0.4 is 10.9 Å². The van der Waals surface area contributed by atoms with Crippen LogP contribution in [0.1, 0.15) is 43.5 Å². The van der Waals surface area contributed by atoms with Crippen LogP contribution in [0, 0.1) is 0 Å². The van der Waals surface area contributed by atoms with Crippen LogP contribution in [-0.4, -0.2) is 0 Å². The third-order valence-electron chi connectivity index (χ3n) is 3.38. The number of hydrogen-bond acceptors (Lipinski definition) is 2. The summed E-state index contributed by atoms with van der Waals surface area (Å²) in [5.74, 6) is 0. The van der Waals surface area contributed by atoms with Crippen LogP contribution in [0.5, 0.6) is 0 Å². The van der Waals surface area contributed by atoms with Gasteiger partial charge in [0.2, 0.25) is 0 Å². The van der Waals surface area contributed by atoms with E-state index in [0.29, 0.717) is 12.1 Å². The van der Waals surface area contributed by atoms with Crippen LogP contribution in [0.25, 0.3) is 0 Å². The molecule has 0 aliphatic heterocycles. The van der Waals surface area contributed by atoms with Crippen LogP contribution >= 0.6 is 0 Å². The molecule has 2 N–H and O–H groups in total. The molecule has 0 aliphatic carbocycles. The summed E-state index contributed by atoms with van der Waals surface area (Å²) in [7, 11) is 0. The lowest BCUT2D eigenvalue weighted by molar-refractivity contribution is 0.387. The van der Waals surface area contributed by atoms with Gasteiger partial charge in [0.05, 0.1) is 0 Å². The van der Waals surface area contributed by atoms with E-state index in [2.05, 4.69) is 79.3 Å². The summed E-state index contributed by atoms with van der Waals surface area (Å²) >= 11 is 0. The summed E-state index contributed by atoms with van der Waals surface area (Å²) in [6, 6.07) is 21.6. The van der Waals surface area contributed by atoms with E-state index >= 15 is 0 Å². The van der Waals surface area contributed by atoms with Crippen molar-refractivity contribution in [1.29, 1.82) is 0 Å². The Morgan fingerprint density at radius 3 is 1.84 bits per heavy atom. The number of benzene rings is 2. The monoisotopic (exact) mass is 254 g/mol. The molecule has 0 fully saturated rings. The highest BCUT2D eigenvalue weighted by molar-refractivity contribution is 5.20. The molecule has 2 aromatic carbocycles. The van der Waals surface area contributed by atoms with Gasteiger partial charge in [0.25, 0.3) is 0 Å². The fraction of sp³-hybridized carbons (Fsp3) is 0.294. The van der Waals surface area contributed by atoms with Crippen molar-refractivity contribution in [2.45, 2.75) is 32.4 Å². The van der Waals surface area contributed by atoms with Crippen molar-refractivity contribution in [2.75, 3.05) is 0 Å². The maximum absolute atomic E-state index is 3.43. The highest BCUT2D eigenvalue weighted by atomic mass is 15.4. The predicted molar refractivity (Wildman–Crippen MR) is 80.6 cm³/mol. The minimum Gasteiger partial charge on any atom is -0.250 e. The van der Waals surface area contributed by atoms with Crippen molar-refractivity contribution in [2.24, 2.45) is 0 Å². The fourth-order valence-corrected chi connectivity index (χ4v) is 2.16. The second-order valence-electron chi connectivity index (χ2n) is 4.79. The molecule has 2 atom stereocenters. The molecule has 0 aliphatic rings. The van der Waals surface area contributed by atoms with Crippen molar-refractivity contribution >= 4 is 0 Å². The van der Waals surface area contributed by atoms with Gasteiger partial charge in [-0.15, -0.1) is 0 Å². The Balaban J connectivity index is 1.94. The first kappa shape index (κ1) is 13.8. The number of hydrazine groups is 1. The van der Waals surface area contributed by atoms with Crippen molar-refractivity contribution in [3.8, 4) is 0 Å². The summed E-state index contributed by atoms with van der Waals surface area (Å²) in [4.78, 5) is 0. The van der Waals surface area contributed by atoms with E-state index in [1.807, 2.05) is 6.07 Å². The highest BCUT2D eigenvalue weighted by Gasteiger charge is 2.10. The zero-order chi connectivity index (χ0) is 13.5. The van der Waals surface area contributed by atoms with Crippen molar-refractivity contribution in [3.63, 3.8) is 0 Å². The molecule has 0 bridgehead atoms. The van der Waals surface area contributed by atoms with E-state index < -0.39 is 0 Å². The lowest BCUT2D eigenvalue weighted by Gasteiger charge is -2.22. The Bertz CT molecular complexity index is 467. The highest BCUT2D eigenvalue weighted by Crippen LogP contribution is 2.16. The molecule has 2 aromatic rings. The molecule has 0 heterocycles. The van der Waals surface area contributed by atoms with Gasteiger partial charge in [-0.3, -0.25) is 5.43 Å². The van der Waals surface area contributed by atoms with E-state index in [0.717, 1.165) is 6.42 Å². The van der Waals surface area contributed by atoms with Crippen LogP contribution in [0.3, 0.4) is 0 Å². The van der Waals surface area contributed by atoms with Crippen LogP contribution in [0.4, 0.5) is 0 Å². The summed E-state index contributed by atoms with van der Waals surface area (Å²) in [6.07, 6.45) is 1.05. The summed E-state index contributed by atoms with van der Waals surface area (Å²) in [6.45, 7) is 4.36. The van der Waals surface area contributed by atoms with Gasteiger partial charge >= 0.3 is 0 Å². The average molecular weight is 254 g/mol. The normalized spacial score (nSPS) is 14.0. The van der Waals surface area contributed by atoms with E-state index in [9.17, 15) is 0 Å². The van der Waals surface area contributed by atoms with Crippen molar-refractivity contribution < 1.29 is 0 Å². The third kappa shape index (κ3) is 3.91. The van der Waals surface area contributed by atoms with Crippen LogP contribution in [-0.2, 0) is 0 Å². The Labute approximate surface area is 115 Å². The quantitative estimate of drug-likeness (QED) is 0.762. The Morgan fingerprint density at radius 2 is 1.32 bits per heavy atom. The van der Waals surface area contributed by atoms with Gasteiger partial charge in [0, 0.05) is 12.1 Å². The first-order valence-electron chi connectivity index (χ1n) is 6.92. The zero-order valence-corrected chi connectivity index (χ0v) is 11.6.